The van der Waals surface area contributed by atoms with Crippen molar-refractivity contribution in [2.75, 3.05) is 7.11 Å². The van der Waals surface area contributed by atoms with E-state index in [2.05, 4.69) is 4.74 Å². The quantitative estimate of drug-likeness (QED) is 0.758. The molecule has 0 unspecified atom stereocenters. The van der Waals surface area contributed by atoms with Crippen LogP contribution < -0.4 is 0 Å². The molecule has 0 aromatic heterocycles. The minimum absolute atomic E-state index is 0.133. The molecule has 0 aliphatic rings. The number of ether oxygens (including phenoxy) is 1. The van der Waals surface area contributed by atoms with Crippen molar-refractivity contribution in [2.24, 2.45) is 0 Å². The molecule has 2 rings (SSSR count). The lowest BCUT2D eigenvalue weighted by atomic mass is 10.0. The van der Waals surface area contributed by atoms with Gasteiger partial charge < -0.3 is 4.74 Å². The highest BCUT2D eigenvalue weighted by Crippen LogP contribution is 2.31. The molecule has 0 atom stereocenters. The predicted molar refractivity (Wildman–Crippen MR) is 73.2 cm³/mol. The van der Waals surface area contributed by atoms with E-state index >= 15 is 0 Å². The number of esters is 1. The maximum atomic E-state index is 13.5. The SMILES string of the molecule is COC(=O)c1cc(-c2ccc(Cl)cc2Cl)ccc1F. The summed E-state index contributed by atoms with van der Waals surface area (Å²) in [7, 11) is 1.20. The van der Waals surface area contributed by atoms with Gasteiger partial charge in [-0.15, -0.1) is 0 Å². The maximum absolute atomic E-state index is 13.5. The fraction of sp³-hybridized carbons (Fsp3) is 0.0714. The Bertz CT molecular complexity index is 641. The van der Waals surface area contributed by atoms with Gasteiger partial charge in [-0.25, -0.2) is 9.18 Å². The second-order valence-electron chi connectivity index (χ2n) is 3.81. The summed E-state index contributed by atoms with van der Waals surface area (Å²) in [4.78, 5) is 11.4. The molecule has 0 aliphatic carbocycles. The fourth-order valence-corrected chi connectivity index (χ4v) is 2.20. The summed E-state index contributed by atoms with van der Waals surface area (Å²) in [5, 5.41) is 0.930. The summed E-state index contributed by atoms with van der Waals surface area (Å²) in [6, 6.07) is 9.10. The van der Waals surface area contributed by atoms with Crippen molar-refractivity contribution in [1.82, 2.24) is 0 Å². The van der Waals surface area contributed by atoms with Crippen molar-refractivity contribution in [3.8, 4) is 11.1 Å². The molecular formula is C14H9Cl2FO2. The average molecular weight is 299 g/mol. The number of rotatable bonds is 2. The Hall–Kier alpha value is -1.58. The van der Waals surface area contributed by atoms with E-state index in [-0.39, 0.29) is 5.56 Å². The number of hydrogen-bond donors (Lipinski definition) is 0. The van der Waals surface area contributed by atoms with Gasteiger partial charge in [-0.3, -0.25) is 0 Å². The fourth-order valence-electron chi connectivity index (χ4n) is 1.68. The zero-order valence-electron chi connectivity index (χ0n) is 9.91. The maximum Gasteiger partial charge on any atom is 0.340 e. The molecule has 0 amide bonds. The van der Waals surface area contributed by atoms with Crippen LogP contribution in [-0.2, 0) is 4.74 Å². The van der Waals surface area contributed by atoms with E-state index in [0.29, 0.717) is 21.2 Å². The van der Waals surface area contributed by atoms with Crippen LogP contribution in [-0.4, -0.2) is 13.1 Å². The summed E-state index contributed by atoms with van der Waals surface area (Å²) in [5.41, 5.74) is 1.14. The molecule has 0 bridgehead atoms. The molecule has 98 valence electrons. The van der Waals surface area contributed by atoms with Gasteiger partial charge in [0.15, 0.2) is 0 Å². The van der Waals surface area contributed by atoms with Crippen molar-refractivity contribution in [3.63, 3.8) is 0 Å². The number of methoxy groups -OCH3 is 1. The Labute approximate surface area is 119 Å². The van der Waals surface area contributed by atoms with Crippen LogP contribution in [0.2, 0.25) is 10.0 Å². The molecular weight excluding hydrogens is 290 g/mol. The topological polar surface area (TPSA) is 26.3 Å². The van der Waals surface area contributed by atoms with Gasteiger partial charge in [0, 0.05) is 15.6 Å². The third-order valence-electron chi connectivity index (χ3n) is 2.61. The summed E-state index contributed by atoms with van der Waals surface area (Å²) in [6.07, 6.45) is 0. The van der Waals surface area contributed by atoms with E-state index in [0.717, 1.165) is 0 Å². The third kappa shape index (κ3) is 2.88. The van der Waals surface area contributed by atoms with Gasteiger partial charge in [-0.2, -0.15) is 0 Å². The van der Waals surface area contributed by atoms with Gasteiger partial charge >= 0.3 is 5.97 Å². The minimum Gasteiger partial charge on any atom is -0.465 e. The number of benzene rings is 2. The van der Waals surface area contributed by atoms with Gasteiger partial charge in [0.2, 0.25) is 0 Å². The van der Waals surface area contributed by atoms with E-state index in [9.17, 15) is 9.18 Å². The monoisotopic (exact) mass is 298 g/mol. The summed E-state index contributed by atoms with van der Waals surface area (Å²) in [5.74, 6) is -1.37. The lowest BCUT2D eigenvalue weighted by molar-refractivity contribution is 0.0595. The van der Waals surface area contributed by atoms with Crippen molar-refractivity contribution >= 4 is 29.2 Å². The lowest BCUT2D eigenvalue weighted by Crippen LogP contribution is -2.04. The molecule has 0 aliphatic heterocycles. The molecule has 0 saturated heterocycles. The molecule has 2 aromatic rings. The molecule has 2 aromatic carbocycles. The largest absolute Gasteiger partial charge is 0.465 e. The van der Waals surface area contributed by atoms with Crippen molar-refractivity contribution in [2.45, 2.75) is 0 Å². The molecule has 0 radical (unpaired) electrons. The molecule has 0 spiro atoms. The number of hydrogen-bond acceptors (Lipinski definition) is 2. The van der Waals surface area contributed by atoms with Crippen molar-refractivity contribution < 1.29 is 13.9 Å². The van der Waals surface area contributed by atoms with E-state index in [1.165, 1.54) is 25.3 Å². The Morgan fingerprint density at radius 3 is 2.53 bits per heavy atom. The number of carbonyl (C=O) groups is 1. The Balaban J connectivity index is 2.54. The molecule has 0 N–H and O–H groups in total. The molecule has 0 fully saturated rings. The zero-order valence-corrected chi connectivity index (χ0v) is 11.4. The van der Waals surface area contributed by atoms with Crippen LogP contribution in [0, 0.1) is 5.82 Å². The first kappa shape index (κ1) is 13.8. The highest BCUT2D eigenvalue weighted by molar-refractivity contribution is 6.36. The van der Waals surface area contributed by atoms with Crippen LogP contribution >= 0.6 is 23.2 Å². The number of halogens is 3. The van der Waals surface area contributed by atoms with Crippen LogP contribution in [0.4, 0.5) is 4.39 Å². The van der Waals surface area contributed by atoms with E-state index in [1.807, 2.05) is 0 Å². The van der Waals surface area contributed by atoms with E-state index < -0.39 is 11.8 Å². The van der Waals surface area contributed by atoms with Crippen LogP contribution in [0.3, 0.4) is 0 Å². The second kappa shape index (κ2) is 5.59. The molecule has 5 heteroatoms. The van der Waals surface area contributed by atoms with Gasteiger partial charge in [0.25, 0.3) is 0 Å². The lowest BCUT2D eigenvalue weighted by Gasteiger charge is -2.07. The third-order valence-corrected chi connectivity index (χ3v) is 3.16. The zero-order chi connectivity index (χ0) is 14.0. The van der Waals surface area contributed by atoms with Crippen molar-refractivity contribution in [3.05, 3.63) is 57.8 Å². The van der Waals surface area contributed by atoms with Gasteiger partial charge in [0.05, 0.1) is 12.7 Å². The minimum atomic E-state index is -0.732. The van der Waals surface area contributed by atoms with Crippen LogP contribution in [0.1, 0.15) is 10.4 Å². The average Bonchev–Trinajstić information content (AvgIpc) is 2.39. The van der Waals surface area contributed by atoms with Gasteiger partial charge in [-0.05, 0) is 29.8 Å². The summed E-state index contributed by atoms with van der Waals surface area (Å²) >= 11 is 11.9. The Kier molecular flexibility index (Phi) is 4.08. The van der Waals surface area contributed by atoms with Crippen LogP contribution in [0.15, 0.2) is 36.4 Å². The van der Waals surface area contributed by atoms with E-state index in [1.54, 1.807) is 18.2 Å². The molecule has 19 heavy (non-hydrogen) atoms. The van der Waals surface area contributed by atoms with Crippen LogP contribution in [0.5, 0.6) is 0 Å². The van der Waals surface area contributed by atoms with Crippen LogP contribution in [0.25, 0.3) is 11.1 Å². The molecule has 0 saturated carbocycles. The highest BCUT2D eigenvalue weighted by atomic mass is 35.5. The first-order valence-corrected chi connectivity index (χ1v) is 6.12. The first-order valence-electron chi connectivity index (χ1n) is 5.36. The molecule has 2 nitrogen and oxygen atoms in total. The molecule has 0 heterocycles. The second-order valence-corrected chi connectivity index (χ2v) is 4.65. The standard InChI is InChI=1S/C14H9Cl2FO2/c1-19-14(18)11-6-8(2-5-13(11)17)10-4-3-9(15)7-12(10)16/h2-7H,1H3. The van der Waals surface area contributed by atoms with Gasteiger partial charge in [0.1, 0.15) is 5.82 Å². The smallest absolute Gasteiger partial charge is 0.340 e. The highest BCUT2D eigenvalue weighted by Gasteiger charge is 2.14. The Morgan fingerprint density at radius 2 is 1.89 bits per heavy atom. The summed E-state index contributed by atoms with van der Waals surface area (Å²) < 4.78 is 18.1. The summed E-state index contributed by atoms with van der Waals surface area (Å²) in [6.45, 7) is 0. The van der Waals surface area contributed by atoms with Gasteiger partial charge in [-0.1, -0.05) is 35.3 Å². The first-order chi connectivity index (χ1) is 9.02. The predicted octanol–water partition coefficient (Wildman–Crippen LogP) is 4.59. The Morgan fingerprint density at radius 1 is 1.16 bits per heavy atom. The van der Waals surface area contributed by atoms with E-state index in [4.69, 9.17) is 23.2 Å². The normalized spacial score (nSPS) is 10.3. The van der Waals surface area contributed by atoms with Crippen molar-refractivity contribution in [1.29, 1.82) is 0 Å². The number of carbonyl (C=O) groups excluding carboxylic acids is 1.